The maximum absolute atomic E-state index is 12.9. The van der Waals surface area contributed by atoms with Gasteiger partial charge in [0.2, 0.25) is 5.82 Å². The molecule has 1 aliphatic heterocycles. The van der Waals surface area contributed by atoms with Gasteiger partial charge in [0.1, 0.15) is 6.61 Å². The van der Waals surface area contributed by atoms with E-state index in [1.165, 1.54) is 7.05 Å². The molecule has 3 aromatic rings. The molecule has 32 heavy (non-hydrogen) atoms. The standard InChI is InChI=1S/C21H21F3N4O3S/c1-12-8-15(16(29)11-32-20-26-25-19(27(20)3)21(22,23)24)13(2)28(12)9-14-10-30-17-6-4-5-7-18(17)31-14/h4-8,14H,9-11H2,1-3H3/t14-/m0/s1. The van der Waals surface area contributed by atoms with Crippen molar-refractivity contribution < 1.29 is 27.4 Å². The molecule has 11 heteroatoms. The van der Waals surface area contributed by atoms with Crippen LogP contribution >= 0.6 is 11.8 Å². The van der Waals surface area contributed by atoms with Crippen LogP contribution in [-0.4, -0.2) is 43.6 Å². The maximum Gasteiger partial charge on any atom is 0.451 e. The molecule has 0 aliphatic carbocycles. The van der Waals surface area contributed by atoms with Gasteiger partial charge in [0.05, 0.1) is 12.3 Å². The lowest BCUT2D eigenvalue weighted by Crippen LogP contribution is -2.33. The Balaban J connectivity index is 1.44. The maximum atomic E-state index is 12.9. The second-order valence-corrected chi connectivity index (χ2v) is 8.41. The minimum atomic E-state index is -4.60. The highest BCUT2D eigenvalue weighted by Gasteiger charge is 2.37. The molecule has 1 aliphatic rings. The number of carbonyl (C=O) groups is 1. The zero-order valence-electron chi connectivity index (χ0n) is 17.6. The number of nitrogens with zero attached hydrogens (tertiary/aromatic N) is 4. The van der Waals surface area contributed by atoms with Gasteiger partial charge >= 0.3 is 6.18 Å². The molecule has 0 saturated heterocycles. The fourth-order valence-electron chi connectivity index (χ4n) is 3.62. The van der Waals surface area contributed by atoms with Crippen LogP contribution in [0.5, 0.6) is 11.5 Å². The van der Waals surface area contributed by atoms with Gasteiger partial charge in [-0.1, -0.05) is 23.9 Å². The van der Waals surface area contributed by atoms with E-state index in [1.807, 2.05) is 42.7 Å². The Kier molecular flexibility index (Phi) is 5.93. The Morgan fingerprint density at radius 1 is 1.22 bits per heavy atom. The smallest absolute Gasteiger partial charge is 0.451 e. The summed E-state index contributed by atoms with van der Waals surface area (Å²) in [5.74, 6) is 0.0414. The number of halogens is 3. The number of hydrogen-bond acceptors (Lipinski definition) is 6. The molecule has 0 N–H and O–H groups in total. The van der Waals surface area contributed by atoms with Crippen molar-refractivity contribution in [3.63, 3.8) is 0 Å². The van der Waals surface area contributed by atoms with Crippen LogP contribution in [0.2, 0.25) is 0 Å². The first-order valence-corrected chi connectivity index (χ1v) is 10.8. The van der Waals surface area contributed by atoms with Crippen molar-refractivity contribution in [1.82, 2.24) is 19.3 Å². The molecule has 4 rings (SSSR count). The van der Waals surface area contributed by atoms with Gasteiger partial charge < -0.3 is 18.6 Å². The monoisotopic (exact) mass is 466 g/mol. The van der Waals surface area contributed by atoms with E-state index in [9.17, 15) is 18.0 Å². The van der Waals surface area contributed by atoms with Crippen molar-refractivity contribution in [2.75, 3.05) is 12.4 Å². The van der Waals surface area contributed by atoms with Crippen molar-refractivity contribution in [2.24, 2.45) is 7.05 Å². The van der Waals surface area contributed by atoms with Crippen molar-refractivity contribution >= 4 is 17.5 Å². The van der Waals surface area contributed by atoms with Gasteiger partial charge in [-0.25, -0.2) is 0 Å². The first kappa shape index (κ1) is 22.3. The third kappa shape index (κ3) is 4.34. The van der Waals surface area contributed by atoms with E-state index in [4.69, 9.17) is 9.47 Å². The summed E-state index contributed by atoms with van der Waals surface area (Å²) in [6.45, 7) is 4.63. The molecule has 0 bridgehead atoms. The molecular formula is C21H21F3N4O3S. The van der Waals surface area contributed by atoms with E-state index >= 15 is 0 Å². The van der Waals surface area contributed by atoms with Crippen LogP contribution in [0.4, 0.5) is 13.2 Å². The quantitative estimate of drug-likeness (QED) is 0.403. The molecule has 0 spiro atoms. The number of alkyl halides is 3. The number of ether oxygens (including phenoxy) is 2. The molecule has 0 amide bonds. The van der Waals surface area contributed by atoms with Gasteiger partial charge in [0.25, 0.3) is 0 Å². The highest BCUT2D eigenvalue weighted by Crippen LogP contribution is 2.32. The zero-order valence-corrected chi connectivity index (χ0v) is 18.5. The normalized spacial score (nSPS) is 15.8. The Morgan fingerprint density at radius 3 is 2.62 bits per heavy atom. The van der Waals surface area contributed by atoms with Gasteiger partial charge in [0, 0.05) is 24.0 Å². The zero-order chi connectivity index (χ0) is 23.0. The third-order valence-electron chi connectivity index (χ3n) is 5.25. The van der Waals surface area contributed by atoms with E-state index < -0.39 is 12.0 Å². The van der Waals surface area contributed by atoms with Gasteiger partial charge in [-0.15, -0.1) is 10.2 Å². The van der Waals surface area contributed by atoms with Crippen LogP contribution < -0.4 is 9.47 Å². The average Bonchev–Trinajstić information content (AvgIpc) is 3.26. The highest BCUT2D eigenvalue weighted by molar-refractivity contribution is 7.99. The predicted octanol–water partition coefficient (Wildman–Crippen LogP) is 4.07. The predicted molar refractivity (Wildman–Crippen MR) is 111 cm³/mol. The van der Waals surface area contributed by atoms with E-state index in [-0.39, 0.29) is 22.8 Å². The van der Waals surface area contributed by atoms with Crippen LogP contribution in [0.15, 0.2) is 35.5 Å². The number of aromatic nitrogens is 4. The summed E-state index contributed by atoms with van der Waals surface area (Å²) >= 11 is 0.925. The molecule has 1 aromatic carbocycles. The second-order valence-electron chi connectivity index (χ2n) is 7.47. The van der Waals surface area contributed by atoms with Crippen molar-refractivity contribution in [1.29, 1.82) is 0 Å². The fourth-order valence-corrected chi connectivity index (χ4v) is 4.41. The second kappa shape index (κ2) is 8.53. The molecule has 1 atom stereocenters. The van der Waals surface area contributed by atoms with Crippen molar-refractivity contribution in [3.05, 3.63) is 53.1 Å². The van der Waals surface area contributed by atoms with E-state index in [2.05, 4.69) is 10.2 Å². The molecule has 0 radical (unpaired) electrons. The molecule has 7 nitrogen and oxygen atoms in total. The van der Waals surface area contributed by atoms with Crippen molar-refractivity contribution in [3.8, 4) is 11.5 Å². The first-order valence-electron chi connectivity index (χ1n) is 9.83. The summed E-state index contributed by atoms with van der Waals surface area (Å²) in [6, 6.07) is 9.23. The minimum absolute atomic E-state index is 0.0332. The molecule has 170 valence electrons. The number of fused-ring (bicyclic) bond motifs is 1. The number of Topliss-reactive ketones (excluding diaryl/α,β-unsaturated/α-hetero) is 1. The summed E-state index contributed by atoms with van der Waals surface area (Å²) < 4.78 is 53.3. The SMILES string of the molecule is Cc1cc(C(=O)CSc2nnc(C(F)(F)F)n2C)c(C)n1C[C@H]1COc2ccccc2O1. The van der Waals surface area contributed by atoms with Gasteiger partial charge in [0.15, 0.2) is 28.5 Å². The number of para-hydroxylation sites is 2. The topological polar surface area (TPSA) is 71.2 Å². The Hall–Kier alpha value is -2.95. The highest BCUT2D eigenvalue weighted by atomic mass is 32.2. The summed E-state index contributed by atoms with van der Waals surface area (Å²) in [5.41, 5.74) is 2.17. The van der Waals surface area contributed by atoms with Crippen LogP contribution in [0.3, 0.4) is 0 Å². The summed E-state index contributed by atoms with van der Waals surface area (Å²) in [7, 11) is 1.23. The Labute approximate surface area is 186 Å². The molecule has 0 fully saturated rings. The van der Waals surface area contributed by atoms with Crippen LogP contribution in [-0.2, 0) is 19.8 Å². The van der Waals surface area contributed by atoms with Crippen LogP contribution in [0.1, 0.15) is 27.6 Å². The van der Waals surface area contributed by atoms with Gasteiger partial charge in [-0.3, -0.25) is 4.79 Å². The summed E-state index contributed by atoms with van der Waals surface area (Å²) in [5, 5.41) is 6.77. The largest absolute Gasteiger partial charge is 0.486 e. The number of thioether (sulfide) groups is 1. The molecule has 2 aromatic heterocycles. The average molecular weight is 466 g/mol. The Bertz CT molecular complexity index is 1160. The Morgan fingerprint density at radius 2 is 1.94 bits per heavy atom. The van der Waals surface area contributed by atoms with E-state index in [0.29, 0.717) is 30.2 Å². The molecule has 3 heterocycles. The summed E-state index contributed by atoms with van der Waals surface area (Å²) in [4.78, 5) is 12.8. The van der Waals surface area contributed by atoms with Gasteiger partial charge in [-0.2, -0.15) is 13.2 Å². The fraction of sp³-hybridized carbons (Fsp3) is 0.381. The first-order chi connectivity index (χ1) is 15.1. The number of rotatable bonds is 6. The molecule has 0 unspecified atom stereocenters. The number of ketones is 1. The molecule has 0 saturated carbocycles. The van der Waals surface area contributed by atoms with Crippen LogP contribution in [0, 0.1) is 13.8 Å². The lowest BCUT2D eigenvalue weighted by molar-refractivity contribution is -0.147. The van der Waals surface area contributed by atoms with E-state index in [1.54, 1.807) is 6.07 Å². The minimum Gasteiger partial charge on any atom is -0.486 e. The third-order valence-corrected chi connectivity index (χ3v) is 6.27. The lowest BCUT2D eigenvalue weighted by atomic mass is 10.2. The lowest BCUT2D eigenvalue weighted by Gasteiger charge is -2.27. The van der Waals surface area contributed by atoms with E-state index in [0.717, 1.165) is 27.7 Å². The summed E-state index contributed by atoms with van der Waals surface area (Å²) in [6.07, 6.45) is -4.81. The van der Waals surface area contributed by atoms with Gasteiger partial charge in [-0.05, 0) is 32.0 Å². The molecular weight excluding hydrogens is 445 g/mol. The number of aryl methyl sites for hydroxylation is 1. The van der Waals surface area contributed by atoms with Crippen molar-refractivity contribution in [2.45, 2.75) is 37.8 Å². The number of carbonyl (C=O) groups excluding carboxylic acids is 1. The number of hydrogen-bond donors (Lipinski definition) is 0. The number of benzene rings is 1. The van der Waals surface area contributed by atoms with Crippen LogP contribution in [0.25, 0.3) is 0 Å².